The van der Waals surface area contributed by atoms with E-state index < -0.39 is 0 Å². The third kappa shape index (κ3) is 4.28. The molecule has 0 saturated heterocycles. The molecular weight excluding hydrogens is 289 g/mol. The van der Waals surface area contributed by atoms with Crippen molar-refractivity contribution >= 4 is 41.2 Å². The van der Waals surface area contributed by atoms with Gasteiger partial charge in [-0.1, -0.05) is 12.1 Å². The van der Waals surface area contributed by atoms with Crippen LogP contribution >= 0.6 is 0 Å². The molecule has 4 nitrogen and oxygen atoms in total. The summed E-state index contributed by atoms with van der Waals surface area (Å²) in [5.74, 6) is 1.38. The second-order valence-corrected chi connectivity index (χ2v) is 4.33. The molecule has 108 valence electrons. The summed E-state index contributed by atoms with van der Waals surface area (Å²) >= 11 is 0. The van der Waals surface area contributed by atoms with Gasteiger partial charge in [0.1, 0.15) is 5.75 Å². The van der Waals surface area contributed by atoms with Crippen molar-refractivity contribution in [2.45, 2.75) is 0 Å². The van der Waals surface area contributed by atoms with Gasteiger partial charge in [-0.25, -0.2) is 0 Å². The summed E-state index contributed by atoms with van der Waals surface area (Å²) in [6.45, 7) is 0. The number of nitrogens with zero attached hydrogens (tertiary/aromatic N) is 1. The molecule has 0 amide bonds. The van der Waals surface area contributed by atoms with Gasteiger partial charge in [0.25, 0.3) is 0 Å². The molecule has 2 aromatic rings. The van der Waals surface area contributed by atoms with Crippen LogP contribution in [-0.2, 0) is 0 Å². The molecule has 5 heteroatoms. The molecule has 0 heterocycles. The Morgan fingerprint density at radius 2 is 1.68 bits per heavy atom. The van der Waals surface area contributed by atoms with Crippen LogP contribution in [0.1, 0.15) is 11.1 Å². The summed E-state index contributed by atoms with van der Waals surface area (Å²) in [4.78, 5) is 0. The zero-order chi connectivity index (χ0) is 15.2. The van der Waals surface area contributed by atoms with E-state index in [-0.39, 0.29) is 35.3 Å². The molecule has 0 atom stereocenters. The van der Waals surface area contributed by atoms with Crippen LogP contribution in [0.2, 0.25) is 0 Å². The van der Waals surface area contributed by atoms with E-state index in [1.165, 1.54) is 0 Å². The van der Waals surface area contributed by atoms with E-state index in [2.05, 4.69) is 6.07 Å². The molecule has 0 radical (unpaired) electrons. The Morgan fingerprint density at radius 3 is 2.23 bits per heavy atom. The van der Waals surface area contributed by atoms with Crippen molar-refractivity contribution in [1.82, 2.24) is 0 Å². The van der Waals surface area contributed by atoms with Gasteiger partial charge in [0.05, 0.1) is 25.9 Å². The first-order valence-electron chi connectivity index (χ1n) is 6.31. The van der Waals surface area contributed by atoms with E-state index >= 15 is 0 Å². The molecule has 0 fully saturated rings. The number of nitriles is 1. The molecule has 22 heavy (non-hydrogen) atoms. The van der Waals surface area contributed by atoms with Crippen molar-refractivity contribution in [2.24, 2.45) is 0 Å². The Kier molecular flexibility index (Phi) is 7.00. The maximum absolute atomic E-state index is 9.35. The van der Waals surface area contributed by atoms with Gasteiger partial charge in [-0.3, -0.25) is 0 Å². The normalized spacial score (nSPS) is 10.3. The second kappa shape index (κ2) is 8.50. The van der Waals surface area contributed by atoms with Crippen molar-refractivity contribution in [1.29, 1.82) is 5.26 Å². The predicted molar refractivity (Wildman–Crippen MR) is 88.3 cm³/mol. The average Bonchev–Trinajstić information content (AvgIpc) is 2.53. The van der Waals surface area contributed by atoms with Gasteiger partial charge in [0.2, 0.25) is 0 Å². The fourth-order valence-corrected chi connectivity index (χ4v) is 1.92. The van der Waals surface area contributed by atoms with Crippen LogP contribution < -0.4 is 9.47 Å². The van der Waals surface area contributed by atoms with Crippen molar-refractivity contribution < 1.29 is 14.6 Å². The van der Waals surface area contributed by atoms with E-state index in [1.54, 1.807) is 62.8 Å². The van der Waals surface area contributed by atoms with Crippen LogP contribution in [0.3, 0.4) is 0 Å². The molecule has 0 aliphatic rings. The summed E-state index contributed by atoms with van der Waals surface area (Å²) in [7, 11) is 3.12. The summed E-state index contributed by atoms with van der Waals surface area (Å²) in [5, 5.41) is 18.6. The van der Waals surface area contributed by atoms with E-state index in [1.807, 2.05) is 0 Å². The number of hydrogen-bond donors (Lipinski definition) is 1. The van der Waals surface area contributed by atoms with Crippen molar-refractivity contribution in [2.75, 3.05) is 14.2 Å². The number of phenols is 1. The summed E-state index contributed by atoms with van der Waals surface area (Å²) in [6.07, 6.45) is 1.75. The quantitative estimate of drug-likeness (QED) is 0.536. The fourth-order valence-electron chi connectivity index (χ4n) is 1.92. The second-order valence-electron chi connectivity index (χ2n) is 4.33. The Morgan fingerprint density at radius 1 is 1.05 bits per heavy atom. The van der Waals surface area contributed by atoms with Gasteiger partial charge in [0, 0.05) is 0 Å². The molecule has 2 rings (SSSR count). The van der Waals surface area contributed by atoms with Crippen LogP contribution in [0.4, 0.5) is 0 Å². The standard InChI is InChI=1S/C17H15NO3.Na.H/c1-20-16-8-5-13(10-17(16)21-2)14(11-18)9-12-3-6-15(19)7-4-12;;/h3-10,19H,1-2H3;;. The van der Waals surface area contributed by atoms with Crippen LogP contribution in [-0.4, -0.2) is 48.9 Å². The molecule has 0 aliphatic heterocycles. The molecule has 0 aliphatic carbocycles. The van der Waals surface area contributed by atoms with Crippen molar-refractivity contribution in [3.8, 4) is 23.3 Å². The monoisotopic (exact) mass is 305 g/mol. The summed E-state index contributed by atoms with van der Waals surface area (Å²) < 4.78 is 10.4. The number of phenolic OH excluding ortho intramolecular Hbond substituents is 1. The fraction of sp³-hybridized carbons (Fsp3) is 0.118. The molecule has 0 bridgehead atoms. The number of ether oxygens (including phenoxy) is 2. The SMILES string of the molecule is COc1ccc(C(C#N)=Cc2ccc(O)cc2)cc1OC.[NaH]. The number of methoxy groups -OCH3 is 2. The van der Waals surface area contributed by atoms with Gasteiger partial charge in [-0.2, -0.15) is 5.26 Å². The number of rotatable bonds is 4. The first-order valence-corrected chi connectivity index (χ1v) is 6.31. The molecule has 0 spiro atoms. The Labute approximate surface area is 151 Å². The molecule has 0 unspecified atom stereocenters. The average molecular weight is 305 g/mol. The maximum atomic E-state index is 9.35. The number of benzene rings is 2. The molecule has 2 aromatic carbocycles. The number of hydrogen-bond acceptors (Lipinski definition) is 4. The van der Waals surface area contributed by atoms with Gasteiger partial charge >= 0.3 is 29.6 Å². The first kappa shape index (κ1) is 18.1. The van der Waals surface area contributed by atoms with Gasteiger partial charge in [0.15, 0.2) is 11.5 Å². The van der Waals surface area contributed by atoms with E-state index in [0.29, 0.717) is 17.1 Å². The molecule has 1 N–H and O–H groups in total. The van der Waals surface area contributed by atoms with Gasteiger partial charge in [-0.05, 0) is 47.5 Å². The van der Waals surface area contributed by atoms with Crippen molar-refractivity contribution in [3.05, 3.63) is 53.6 Å². The van der Waals surface area contributed by atoms with Crippen molar-refractivity contribution in [3.63, 3.8) is 0 Å². The van der Waals surface area contributed by atoms with Crippen LogP contribution in [0, 0.1) is 11.3 Å². The van der Waals surface area contributed by atoms with Gasteiger partial charge in [-0.15, -0.1) is 0 Å². The number of aromatic hydroxyl groups is 1. The predicted octanol–water partition coefficient (Wildman–Crippen LogP) is 2.83. The Balaban J connectivity index is 0.00000242. The van der Waals surface area contributed by atoms with Gasteiger partial charge < -0.3 is 14.6 Å². The number of allylic oxidation sites excluding steroid dienone is 1. The Hall–Kier alpha value is -1.93. The minimum absolute atomic E-state index is 0. The molecule has 0 aromatic heterocycles. The van der Waals surface area contributed by atoms with Crippen LogP contribution in [0.5, 0.6) is 17.2 Å². The minimum atomic E-state index is 0. The van der Waals surface area contributed by atoms with E-state index in [4.69, 9.17) is 9.47 Å². The topological polar surface area (TPSA) is 62.5 Å². The zero-order valence-corrected chi connectivity index (χ0v) is 11.8. The first-order chi connectivity index (χ1) is 10.2. The third-order valence-electron chi connectivity index (χ3n) is 3.02. The van der Waals surface area contributed by atoms with E-state index in [9.17, 15) is 10.4 Å². The van der Waals surface area contributed by atoms with E-state index in [0.717, 1.165) is 11.1 Å². The third-order valence-corrected chi connectivity index (χ3v) is 3.02. The molecule has 0 saturated carbocycles. The summed E-state index contributed by atoms with van der Waals surface area (Å²) in [6, 6.07) is 14.1. The molecular formula is C17H16NNaO3. The summed E-state index contributed by atoms with van der Waals surface area (Å²) in [5.41, 5.74) is 2.07. The zero-order valence-electron chi connectivity index (χ0n) is 11.8. The van der Waals surface area contributed by atoms with Crippen LogP contribution in [0.25, 0.3) is 11.6 Å². The van der Waals surface area contributed by atoms with Crippen LogP contribution in [0.15, 0.2) is 42.5 Å². The Bertz CT molecular complexity index is 703.